The standard InChI is InChI=1S/C16H24O4Si/c1-12-9-16(17)20-15-10-13(5-6-14(12)15)19-11-18-7-8-21(2,3)4/h5-6,9-10,16-17H,7-8,11H2,1-4H3. The smallest absolute Gasteiger partial charge is 0.217 e. The number of aliphatic hydroxyl groups is 1. The molecule has 0 fully saturated rings. The Bertz CT molecular complexity index is 519. The molecule has 1 aliphatic heterocycles. The molecular formula is C16H24O4Si. The Morgan fingerprint density at radius 3 is 2.76 bits per heavy atom. The summed E-state index contributed by atoms with van der Waals surface area (Å²) in [6, 6.07) is 6.74. The Morgan fingerprint density at radius 2 is 2.05 bits per heavy atom. The zero-order valence-corrected chi connectivity index (χ0v) is 14.2. The van der Waals surface area contributed by atoms with E-state index in [-0.39, 0.29) is 6.79 Å². The Hall–Kier alpha value is -1.30. The summed E-state index contributed by atoms with van der Waals surface area (Å²) in [4.78, 5) is 0. The summed E-state index contributed by atoms with van der Waals surface area (Å²) < 4.78 is 16.5. The molecule has 2 rings (SSSR count). The van der Waals surface area contributed by atoms with Crippen LogP contribution in [-0.2, 0) is 4.74 Å². The van der Waals surface area contributed by atoms with Crippen LogP contribution in [0, 0.1) is 0 Å². The van der Waals surface area contributed by atoms with Gasteiger partial charge in [-0.25, -0.2) is 0 Å². The maximum Gasteiger partial charge on any atom is 0.217 e. The lowest BCUT2D eigenvalue weighted by atomic mass is 10.0. The summed E-state index contributed by atoms with van der Waals surface area (Å²) in [5.41, 5.74) is 1.98. The van der Waals surface area contributed by atoms with Crippen molar-refractivity contribution < 1.29 is 19.3 Å². The van der Waals surface area contributed by atoms with Crippen molar-refractivity contribution in [1.29, 1.82) is 0 Å². The average molecular weight is 308 g/mol. The largest absolute Gasteiger partial charge is 0.467 e. The number of aliphatic hydroxyl groups excluding tert-OH is 1. The van der Waals surface area contributed by atoms with Crippen LogP contribution in [-0.4, -0.2) is 32.9 Å². The van der Waals surface area contributed by atoms with Crippen molar-refractivity contribution in [3.8, 4) is 11.5 Å². The predicted molar refractivity (Wildman–Crippen MR) is 86.3 cm³/mol. The minimum absolute atomic E-state index is 0.237. The SMILES string of the molecule is CC1=CC(O)Oc2cc(OCOCC[Si](C)(C)C)ccc21. The van der Waals surface area contributed by atoms with Gasteiger partial charge in [0.25, 0.3) is 0 Å². The summed E-state index contributed by atoms with van der Waals surface area (Å²) in [6.45, 7) is 9.88. The van der Waals surface area contributed by atoms with E-state index in [2.05, 4.69) is 19.6 Å². The van der Waals surface area contributed by atoms with Crippen molar-refractivity contribution in [2.75, 3.05) is 13.4 Å². The van der Waals surface area contributed by atoms with Gasteiger partial charge in [0.05, 0.1) is 0 Å². The second-order valence-electron chi connectivity index (χ2n) is 6.50. The van der Waals surface area contributed by atoms with E-state index < -0.39 is 14.4 Å². The Balaban J connectivity index is 1.86. The van der Waals surface area contributed by atoms with Gasteiger partial charge in [-0.15, -0.1) is 0 Å². The van der Waals surface area contributed by atoms with Gasteiger partial charge in [-0.05, 0) is 36.7 Å². The van der Waals surface area contributed by atoms with Crippen LogP contribution in [0.4, 0.5) is 0 Å². The van der Waals surface area contributed by atoms with E-state index in [1.807, 2.05) is 19.1 Å². The quantitative estimate of drug-likeness (QED) is 0.496. The fourth-order valence-electron chi connectivity index (χ4n) is 2.03. The Morgan fingerprint density at radius 1 is 1.29 bits per heavy atom. The van der Waals surface area contributed by atoms with Crippen LogP contribution in [0.5, 0.6) is 11.5 Å². The van der Waals surface area contributed by atoms with Crippen molar-refractivity contribution in [1.82, 2.24) is 0 Å². The molecule has 0 amide bonds. The summed E-state index contributed by atoms with van der Waals surface area (Å²) in [5.74, 6) is 1.32. The third kappa shape index (κ3) is 4.88. The normalized spacial score (nSPS) is 17.8. The Kier molecular flexibility index (Phi) is 5.08. The van der Waals surface area contributed by atoms with Gasteiger partial charge in [-0.2, -0.15) is 0 Å². The molecule has 1 aromatic carbocycles. The van der Waals surface area contributed by atoms with E-state index in [1.165, 1.54) is 0 Å². The van der Waals surface area contributed by atoms with Gasteiger partial charge in [0.15, 0.2) is 6.79 Å². The molecule has 0 radical (unpaired) electrons. The van der Waals surface area contributed by atoms with E-state index >= 15 is 0 Å². The van der Waals surface area contributed by atoms with Crippen molar-refractivity contribution in [2.24, 2.45) is 0 Å². The summed E-state index contributed by atoms with van der Waals surface area (Å²) in [6.07, 6.45) is 0.795. The van der Waals surface area contributed by atoms with Crippen molar-refractivity contribution in [3.63, 3.8) is 0 Å². The summed E-state index contributed by atoms with van der Waals surface area (Å²) >= 11 is 0. The molecule has 1 atom stereocenters. The molecule has 1 aliphatic rings. The lowest BCUT2D eigenvalue weighted by molar-refractivity contribution is 0.0173. The highest BCUT2D eigenvalue weighted by molar-refractivity contribution is 6.76. The first kappa shape index (κ1) is 16.1. The second-order valence-corrected chi connectivity index (χ2v) is 12.1. The Labute approximate surface area is 127 Å². The average Bonchev–Trinajstić information content (AvgIpc) is 2.36. The molecule has 1 heterocycles. The third-order valence-electron chi connectivity index (χ3n) is 3.32. The van der Waals surface area contributed by atoms with Crippen LogP contribution in [0.25, 0.3) is 5.57 Å². The van der Waals surface area contributed by atoms with Gasteiger partial charge in [-0.1, -0.05) is 19.6 Å². The molecule has 1 unspecified atom stereocenters. The van der Waals surface area contributed by atoms with Gasteiger partial charge in [-0.3, -0.25) is 0 Å². The fourth-order valence-corrected chi connectivity index (χ4v) is 2.79. The summed E-state index contributed by atoms with van der Waals surface area (Å²) in [5, 5.41) is 9.58. The molecule has 116 valence electrons. The van der Waals surface area contributed by atoms with E-state index in [9.17, 15) is 5.11 Å². The number of allylic oxidation sites excluding steroid dienone is 1. The van der Waals surface area contributed by atoms with Crippen molar-refractivity contribution >= 4 is 13.6 Å². The first-order valence-corrected chi connectivity index (χ1v) is 10.9. The molecule has 1 aromatic rings. The van der Waals surface area contributed by atoms with E-state index in [0.29, 0.717) is 11.5 Å². The zero-order valence-electron chi connectivity index (χ0n) is 13.2. The minimum atomic E-state index is -1.06. The number of benzene rings is 1. The third-order valence-corrected chi connectivity index (χ3v) is 5.03. The van der Waals surface area contributed by atoms with E-state index in [0.717, 1.165) is 23.8 Å². The van der Waals surface area contributed by atoms with Crippen LogP contribution in [0.1, 0.15) is 12.5 Å². The van der Waals surface area contributed by atoms with E-state index in [1.54, 1.807) is 12.1 Å². The number of fused-ring (bicyclic) bond motifs is 1. The van der Waals surface area contributed by atoms with Crippen molar-refractivity contribution in [3.05, 3.63) is 29.8 Å². The van der Waals surface area contributed by atoms with Gasteiger partial charge in [0.2, 0.25) is 6.29 Å². The fraction of sp³-hybridized carbons (Fsp3) is 0.500. The molecule has 0 spiro atoms. The predicted octanol–water partition coefficient (Wildman–Crippen LogP) is 3.49. The van der Waals surface area contributed by atoms with Crippen LogP contribution < -0.4 is 9.47 Å². The highest BCUT2D eigenvalue weighted by Crippen LogP contribution is 2.34. The molecule has 0 bridgehead atoms. The van der Waals surface area contributed by atoms with E-state index in [4.69, 9.17) is 14.2 Å². The number of ether oxygens (including phenoxy) is 3. The molecule has 1 N–H and O–H groups in total. The molecule has 0 aromatic heterocycles. The molecular weight excluding hydrogens is 284 g/mol. The van der Waals surface area contributed by atoms with Crippen LogP contribution in [0.15, 0.2) is 24.3 Å². The molecule has 5 heteroatoms. The van der Waals surface area contributed by atoms with Gasteiger partial charge in [0.1, 0.15) is 11.5 Å². The van der Waals surface area contributed by atoms with Crippen LogP contribution in [0.3, 0.4) is 0 Å². The minimum Gasteiger partial charge on any atom is -0.467 e. The lowest BCUT2D eigenvalue weighted by Gasteiger charge is -2.21. The number of rotatable bonds is 6. The topological polar surface area (TPSA) is 47.9 Å². The number of hydrogen-bond donors (Lipinski definition) is 1. The lowest BCUT2D eigenvalue weighted by Crippen LogP contribution is -2.22. The van der Waals surface area contributed by atoms with Gasteiger partial charge in [0, 0.05) is 26.3 Å². The highest BCUT2D eigenvalue weighted by atomic mass is 28.3. The zero-order chi connectivity index (χ0) is 15.5. The molecule has 0 saturated carbocycles. The maximum atomic E-state index is 9.58. The molecule has 0 aliphatic carbocycles. The monoisotopic (exact) mass is 308 g/mol. The first-order chi connectivity index (χ1) is 9.85. The molecule has 4 nitrogen and oxygen atoms in total. The summed E-state index contributed by atoms with van der Waals surface area (Å²) in [7, 11) is -1.06. The number of hydrogen-bond acceptors (Lipinski definition) is 4. The first-order valence-electron chi connectivity index (χ1n) is 7.23. The molecule has 0 saturated heterocycles. The second kappa shape index (κ2) is 6.64. The van der Waals surface area contributed by atoms with Gasteiger partial charge >= 0.3 is 0 Å². The van der Waals surface area contributed by atoms with Gasteiger partial charge < -0.3 is 19.3 Å². The van der Waals surface area contributed by atoms with Crippen LogP contribution in [0.2, 0.25) is 25.7 Å². The highest BCUT2D eigenvalue weighted by Gasteiger charge is 2.17. The van der Waals surface area contributed by atoms with Crippen molar-refractivity contribution in [2.45, 2.75) is 38.9 Å². The molecule has 21 heavy (non-hydrogen) atoms. The van der Waals surface area contributed by atoms with Crippen LogP contribution >= 0.6 is 0 Å². The maximum absolute atomic E-state index is 9.58.